The average Bonchev–Trinajstić information content (AvgIpc) is 2.79. The summed E-state index contributed by atoms with van der Waals surface area (Å²) in [5.41, 5.74) is 0.995. The molecule has 9 heteroatoms. The minimum Gasteiger partial charge on any atom is -0.465 e. The molecule has 0 saturated heterocycles. The van der Waals surface area contributed by atoms with E-state index in [1.165, 1.54) is 13.2 Å². The Morgan fingerprint density at radius 1 is 1.09 bits per heavy atom. The molecule has 1 unspecified atom stereocenters. The van der Waals surface area contributed by atoms with Gasteiger partial charge in [0.1, 0.15) is 10.6 Å². The van der Waals surface area contributed by atoms with Crippen LogP contribution in [0.25, 0.3) is 0 Å². The number of anilines is 2. The van der Waals surface area contributed by atoms with Crippen molar-refractivity contribution in [2.75, 3.05) is 23.7 Å². The SMILES string of the molecule is CCCCNc1cc(C(=O)OC)cc(S(=N)(=O)Nc2cccc(Cl)c2)c1Oc1ccccc1. The first-order chi connectivity index (χ1) is 15.8. The lowest BCUT2D eigenvalue weighted by molar-refractivity contribution is 0.0600. The van der Waals surface area contributed by atoms with Crippen LogP contribution in [0.15, 0.2) is 71.6 Å². The normalized spacial score (nSPS) is 12.5. The van der Waals surface area contributed by atoms with E-state index >= 15 is 0 Å². The summed E-state index contributed by atoms with van der Waals surface area (Å²) in [5, 5.41) is 3.68. The van der Waals surface area contributed by atoms with E-state index in [4.69, 9.17) is 25.9 Å². The third-order valence-corrected chi connectivity index (χ3v) is 6.36. The van der Waals surface area contributed by atoms with E-state index in [1.54, 1.807) is 42.5 Å². The lowest BCUT2D eigenvalue weighted by Crippen LogP contribution is -2.16. The molecule has 3 aromatic rings. The highest BCUT2D eigenvalue weighted by Crippen LogP contribution is 2.39. The van der Waals surface area contributed by atoms with E-state index in [0.29, 0.717) is 28.7 Å². The van der Waals surface area contributed by atoms with Crippen LogP contribution in [-0.2, 0) is 14.7 Å². The zero-order valence-corrected chi connectivity index (χ0v) is 20.0. The second kappa shape index (κ2) is 11.1. The molecule has 0 saturated carbocycles. The molecular weight excluding hydrogens is 462 g/mol. The minimum atomic E-state index is -3.68. The Kier molecular flexibility index (Phi) is 8.19. The van der Waals surface area contributed by atoms with E-state index in [9.17, 15) is 9.00 Å². The summed E-state index contributed by atoms with van der Waals surface area (Å²) in [6, 6.07) is 18.5. The first-order valence-corrected chi connectivity index (χ1v) is 12.3. The highest BCUT2D eigenvalue weighted by atomic mass is 35.5. The van der Waals surface area contributed by atoms with Gasteiger partial charge in [0.05, 0.1) is 18.4 Å². The van der Waals surface area contributed by atoms with Crippen LogP contribution in [0.3, 0.4) is 0 Å². The van der Waals surface area contributed by atoms with Gasteiger partial charge in [0, 0.05) is 17.3 Å². The summed E-state index contributed by atoms with van der Waals surface area (Å²) in [7, 11) is -2.41. The maximum absolute atomic E-state index is 13.7. The number of para-hydroxylation sites is 1. The van der Waals surface area contributed by atoms with Gasteiger partial charge in [-0.2, -0.15) is 0 Å². The predicted molar refractivity (Wildman–Crippen MR) is 132 cm³/mol. The van der Waals surface area contributed by atoms with E-state index in [-0.39, 0.29) is 16.2 Å². The molecule has 0 aliphatic rings. The number of benzene rings is 3. The highest BCUT2D eigenvalue weighted by Gasteiger charge is 2.24. The molecule has 0 aromatic heterocycles. The fourth-order valence-corrected chi connectivity index (χ4v) is 4.53. The van der Waals surface area contributed by atoms with Gasteiger partial charge in [-0.3, -0.25) is 4.72 Å². The molecule has 0 radical (unpaired) electrons. The van der Waals surface area contributed by atoms with Gasteiger partial charge in [-0.15, -0.1) is 0 Å². The lowest BCUT2D eigenvalue weighted by atomic mass is 10.1. The third kappa shape index (κ3) is 6.40. The summed E-state index contributed by atoms with van der Waals surface area (Å²) < 4.78 is 36.1. The van der Waals surface area contributed by atoms with Crippen molar-refractivity contribution < 1.29 is 18.5 Å². The van der Waals surface area contributed by atoms with E-state index in [0.717, 1.165) is 12.8 Å². The third-order valence-electron chi connectivity index (χ3n) is 4.68. The van der Waals surface area contributed by atoms with Gasteiger partial charge < -0.3 is 14.8 Å². The van der Waals surface area contributed by atoms with Crippen LogP contribution in [0.1, 0.15) is 30.1 Å². The van der Waals surface area contributed by atoms with Gasteiger partial charge in [-0.1, -0.05) is 49.2 Å². The Hall–Kier alpha value is -3.23. The zero-order chi connectivity index (χ0) is 23.8. The number of rotatable bonds is 10. The van der Waals surface area contributed by atoms with Crippen molar-refractivity contribution in [3.63, 3.8) is 0 Å². The topological polar surface area (TPSA) is 101 Å². The smallest absolute Gasteiger partial charge is 0.337 e. The molecule has 0 heterocycles. The number of hydrogen-bond acceptors (Lipinski definition) is 6. The number of carbonyl (C=O) groups excluding carboxylic acids is 1. The summed E-state index contributed by atoms with van der Waals surface area (Å²) in [4.78, 5) is 12.4. The van der Waals surface area contributed by atoms with E-state index in [2.05, 4.69) is 17.0 Å². The summed E-state index contributed by atoms with van der Waals surface area (Å²) >= 11 is 6.05. The van der Waals surface area contributed by atoms with Crippen molar-refractivity contribution in [2.24, 2.45) is 0 Å². The van der Waals surface area contributed by atoms with Crippen molar-refractivity contribution in [1.82, 2.24) is 0 Å². The molecule has 0 aliphatic heterocycles. The quantitative estimate of drug-likeness (QED) is 0.222. The van der Waals surface area contributed by atoms with Crippen molar-refractivity contribution >= 4 is 38.9 Å². The zero-order valence-electron chi connectivity index (χ0n) is 18.4. The van der Waals surface area contributed by atoms with Gasteiger partial charge in [0.15, 0.2) is 15.7 Å². The Morgan fingerprint density at radius 2 is 1.85 bits per heavy atom. The monoisotopic (exact) mass is 487 g/mol. The fraction of sp³-hybridized carbons (Fsp3) is 0.208. The summed E-state index contributed by atoms with van der Waals surface area (Å²) in [6.45, 7) is 2.66. The molecule has 1 atom stereocenters. The Morgan fingerprint density at radius 3 is 2.52 bits per heavy atom. The van der Waals surface area contributed by atoms with Crippen LogP contribution in [0.2, 0.25) is 5.02 Å². The number of methoxy groups -OCH3 is 1. The Bertz CT molecular complexity index is 1220. The van der Waals surface area contributed by atoms with Gasteiger partial charge in [-0.25, -0.2) is 13.8 Å². The van der Waals surface area contributed by atoms with Crippen molar-refractivity contribution in [3.8, 4) is 11.5 Å². The molecule has 0 aliphatic carbocycles. The summed E-state index contributed by atoms with van der Waals surface area (Å²) in [6.07, 6.45) is 1.83. The maximum Gasteiger partial charge on any atom is 0.337 e. The van der Waals surface area contributed by atoms with Crippen LogP contribution in [-0.4, -0.2) is 23.8 Å². The number of ether oxygens (including phenoxy) is 2. The number of unbranched alkanes of at least 4 members (excludes halogenated alkanes) is 1. The Labute approximate surface area is 199 Å². The summed E-state index contributed by atoms with van der Waals surface area (Å²) in [5.74, 6) is 0.0829. The molecule has 33 heavy (non-hydrogen) atoms. The van der Waals surface area contributed by atoms with Gasteiger partial charge in [0.2, 0.25) is 0 Å². The highest BCUT2D eigenvalue weighted by molar-refractivity contribution is 7.93. The van der Waals surface area contributed by atoms with Gasteiger partial charge in [0.25, 0.3) is 0 Å². The molecule has 3 N–H and O–H groups in total. The van der Waals surface area contributed by atoms with Crippen molar-refractivity contribution in [2.45, 2.75) is 24.7 Å². The molecule has 174 valence electrons. The molecule has 3 rings (SSSR count). The first-order valence-electron chi connectivity index (χ1n) is 10.4. The molecule has 3 aromatic carbocycles. The number of nitrogens with one attached hydrogen (secondary N) is 3. The Balaban J connectivity index is 2.16. The fourth-order valence-electron chi connectivity index (χ4n) is 3.07. The molecule has 7 nitrogen and oxygen atoms in total. The second-order valence-electron chi connectivity index (χ2n) is 7.21. The van der Waals surface area contributed by atoms with E-state index in [1.807, 2.05) is 18.2 Å². The van der Waals surface area contributed by atoms with Crippen LogP contribution in [0.4, 0.5) is 11.4 Å². The van der Waals surface area contributed by atoms with Crippen LogP contribution in [0.5, 0.6) is 11.5 Å². The first kappa shape index (κ1) is 24.4. The predicted octanol–water partition coefficient (Wildman–Crippen LogP) is 6.56. The molecule has 0 fully saturated rings. The lowest BCUT2D eigenvalue weighted by Gasteiger charge is -2.20. The molecule has 0 bridgehead atoms. The van der Waals surface area contributed by atoms with Crippen LogP contribution < -0.4 is 14.8 Å². The maximum atomic E-state index is 13.7. The molecule has 0 amide bonds. The number of hydrogen-bond donors (Lipinski definition) is 3. The average molecular weight is 488 g/mol. The second-order valence-corrected chi connectivity index (χ2v) is 9.40. The van der Waals surface area contributed by atoms with E-state index < -0.39 is 15.9 Å². The van der Waals surface area contributed by atoms with Crippen LogP contribution in [0, 0.1) is 4.78 Å². The van der Waals surface area contributed by atoms with Crippen molar-refractivity contribution in [3.05, 3.63) is 77.3 Å². The standard InChI is InChI=1S/C24H26ClN3O4S/c1-3-4-13-27-21-14-17(24(29)31-2)15-22(23(21)32-20-11-6-5-7-12-20)33(26,30)28-19-10-8-9-18(25)16-19/h5-12,14-16,27H,3-4,13H2,1-2H3,(H2,26,28,30). The number of esters is 1. The molecule has 0 spiro atoms. The number of halogens is 1. The van der Waals surface area contributed by atoms with Gasteiger partial charge in [-0.05, 0) is 48.9 Å². The largest absolute Gasteiger partial charge is 0.465 e. The number of carbonyl (C=O) groups is 1. The van der Waals surface area contributed by atoms with Crippen molar-refractivity contribution in [1.29, 1.82) is 4.78 Å². The van der Waals surface area contributed by atoms with Gasteiger partial charge >= 0.3 is 5.97 Å². The van der Waals surface area contributed by atoms with Crippen LogP contribution >= 0.6 is 11.6 Å². The molecular formula is C24H26ClN3O4S. The minimum absolute atomic E-state index is 0.00762.